The van der Waals surface area contributed by atoms with E-state index in [1.165, 1.54) is 4.31 Å². The monoisotopic (exact) mass is 393 g/mol. The standard InChI is InChI=1S/C20H27NO5S/c1-19(2)15-8-9-20(19)13-27(23,24)21(17(20)10-15)18(22)12-26-11-14-4-6-16(25-3)7-5-14/h4-7,15,17H,8-13H2,1-3H3/t15-,17-,20-/m0/s1. The number of amides is 1. The van der Waals surface area contributed by atoms with Crippen LogP contribution in [-0.2, 0) is 26.2 Å². The second-order valence-corrected chi connectivity index (χ2v) is 10.5. The second-order valence-electron chi connectivity index (χ2n) is 8.65. The minimum Gasteiger partial charge on any atom is -0.497 e. The van der Waals surface area contributed by atoms with Crippen molar-refractivity contribution in [1.82, 2.24) is 4.31 Å². The molecule has 148 valence electrons. The number of sulfonamides is 1. The van der Waals surface area contributed by atoms with Crippen molar-refractivity contribution in [2.24, 2.45) is 16.7 Å². The van der Waals surface area contributed by atoms with E-state index in [-0.39, 0.29) is 35.8 Å². The molecular weight excluding hydrogens is 366 g/mol. The highest BCUT2D eigenvalue weighted by Crippen LogP contribution is 2.69. The Morgan fingerprint density at radius 1 is 1.26 bits per heavy atom. The van der Waals surface area contributed by atoms with Crippen molar-refractivity contribution < 1.29 is 22.7 Å². The van der Waals surface area contributed by atoms with Crippen molar-refractivity contribution in [2.75, 3.05) is 19.5 Å². The van der Waals surface area contributed by atoms with E-state index in [1.807, 2.05) is 24.3 Å². The van der Waals surface area contributed by atoms with Gasteiger partial charge in [-0.25, -0.2) is 12.7 Å². The fourth-order valence-electron chi connectivity index (χ4n) is 5.66. The molecule has 3 fully saturated rings. The Labute approximate surface area is 160 Å². The van der Waals surface area contributed by atoms with Gasteiger partial charge in [-0.05, 0) is 48.3 Å². The van der Waals surface area contributed by atoms with Crippen molar-refractivity contribution in [2.45, 2.75) is 45.8 Å². The summed E-state index contributed by atoms with van der Waals surface area (Å²) in [6, 6.07) is 7.18. The molecule has 27 heavy (non-hydrogen) atoms. The molecule has 6 nitrogen and oxygen atoms in total. The third-order valence-electron chi connectivity index (χ3n) is 7.31. The molecule has 0 aromatic heterocycles. The van der Waals surface area contributed by atoms with Gasteiger partial charge in [-0.15, -0.1) is 0 Å². The zero-order chi connectivity index (χ0) is 19.4. The highest BCUT2D eigenvalue weighted by molar-refractivity contribution is 7.90. The van der Waals surface area contributed by atoms with Crippen molar-refractivity contribution in [3.63, 3.8) is 0 Å². The Kier molecular flexibility index (Phi) is 4.31. The van der Waals surface area contributed by atoms with Crippen molar-refractivity contribution in [1.29, 1.82) is 0 Å². The molecule has 1 aromatic carbocycles. The first-order valence-electron chi connectivity index (χ1n) is 9.47. The minimum absolute atomic E-state index is 0.0380. The van der Waals surface area contributed by atoms with E-state index in [1.54, 1.807) is 7.11 Å². The van der Waals surface area contributed by atoms with Gasteiger partial charge in [-0.2, -0.15) is 0 Å². The SMILES string of the molecule is COc1ccc(COCC(=O)N2[C@H]3C[C@@H]4CC[C@@]3(CS2(=O)=O)C4(C)C)cc1. The number of methoxy groups -OCH3 is 1. The van der Waals surface area contributed by atoms with Gasteiger partial charge < -0.3 is 9.47 Å². The predicted octanol–water partition coefficient (Wildman–Crippen LogP) is 2.58. The van der Waals surface area contributed by atoms with E-state index in [4.69, 9.17) is 9.47 Å². The van der Waals surface area contributed by atoms with Gasteiger partial charge in [0, 0.05) is 5.41 Å². The summed E-state index contributed by atoms with van der Waals surface area (Å²) in [5, 5.41) is 0. The Bertz CT molecular complexity index is 848. The molecule has 1 saturated heterocycles. The summed E-state index contributed by atoms with van der Waals surface area (Å²) in [7, 11) is -1.98. The van der Waals surface area contributed by atoms with E-state index in [9.17, 15) is 13.2 Å². The highest BCUT2D eigenvalue weighted by atomic mass is 32.2. The van der Waals surface area contributed by atoms with Gasteiger partial charge >= 0.3 is 0 Å². The van der Waals surface area contributed by atoms with Gasteiger partial charge in [-0.1, -0.05) is 26.0 Å². The summed E-state index contributed by atoms with van der Waals surface area (Å²) in [5.41, 5.74) is 0.580. The van der Waals surface area contributed by atoms with E-state index >= 15 is 0 Å². The fraction of sp³-hybridized carbons (Fsp3) is 0.650. The first kappa shape index (κ1) is 18.7. The summed E-state index contributed by atoms with van der Waals surface area (Å²) >= 11 is 0. The fourth-order valence-corrected chi connectivity index (χ4v) is 8.20. The minimum atomic E-state index is -3.58. The Balaban J connectivity index is 1.44. The van der Waals surface area contributed by atoms with Crippen molar-refractivity contribution in [3.8, 4) is 5.75 Å². The number of ether oxygens (including phenoxy) is 2. The maximum atomic E-state index is 12.8. The van der Waals surface area contributed by atoms with Crippen LogP contribution in [0.5, 0.6) is 5.75 Å². The lowest BCUT2D eigenvalue weighted by Crippen LogP contribution is -2.45. The predicted molar refractivity (Wildman–Crippen MR) is 101 cm³/mol. The van der Waals surface area contributed by atoms with Gasteiger partial charge in [-0.3, -0.25) is 4.79 Å². The van der Waals surface area contributed by atoms with Crippen LogP contribution in [0.1, 0.15) is 38.7 Å². The van der Waals surface area contributed by atoms with Gasteiger partial charge in [0.2, 0.25) is 10.0 Å². The zero-order valence-corrected chi connectivity index (χ0v) is 16.9. The Morgan fingerprint density at radius 2 is 1.96 bits per heavy atom. The molecule has 7 heteroatoms. The average molecular weight is 394 g/mol. The van der Waals surface area contributed by atoms with Crippen LogP contribution in [0, 0.1) is 16.7 Å². The van der Waals surface area contributed by atoms with Gasteiger partial charge in [0.15, 0.2) is 0 Å². The third-order valence-corrected chi connectivity index (χ3v) is 9.25. The number of carbonyl (C=O) groups is 1. The first-order valence-corrected chi connectivity index (χ1v) is 11.1. The molecular formula is C20H27NO5S. The molecule has 1 aliphatic heterocycles. The average Bonchev–Trinajstić information content (AvgIpc) is 3.09. The summed E-state index contributed by atoms with van der Waals surface area (Å²) < 4.78 is 37.5. The lowest BCUT2D eigenvalue weighted by molar-refractivity contribution is -0.134. The number of hydrogen-bond acceptors (Lipinski definition) is 5. The van der Waals surface area contributed by atoms with Crippen molar-refractivity contribution in [3.05, 3.63) is 29.8 Å². The molecule has 0 unspecified atom stereocenters. The molecule has 2 bridgehead atoms. The highest BCUT2D eigenvalue weighted by Gasteiger charge is 2.72. The van der Waals surface area contributed by atoms with Gasteiger partial charge in [0.05, 0.1) is 25.5 Å². The quantitative estimate of drug-likeness (QED) is 0.769. The summed E-state index contributed by atoms with van der Waals surface area (Å²) in [5.74, 6) is 0.905. The molecule has 0 radical (unpaired) electrons. The summed E-state index contributed by atoms with van der Waals surface area (Å²) in [6.07, 6.45) is 2.75. The van der Waals surface area contributed by atoms with Crippen LogP contribution in [-0.4, -0.2) is 44.1 Å². The maximum Gasteiger partial charge on any atom is 0.262 e. The normalized spacial score (nSPS) is 32.5. The number of hydrogen-bond donors (Lipinski definition) is 0. The van der Waals surface area contributed by atoms with Crippen LogP contribution in [0.2, 0.25) is 0 Å². The lowest BCUT2D eigenvalue weighted by atomic mass is 9.69. The van der Waals surface area contributed by atoms with Crippen LogP contribution < -0.4 is 4.74 Å². The molecule has 1 heterocycles. The topological polar surface area (TPSA) is 72.9 Å². The summed E-state index contributed by atoms with van der Waals surface area (Å²) in [4.78, 5) is 12.8. The maximum absolute atomic E-state index is 12.8. The van der Waals surface area contributed by atoms with Crippen molar-refractivity contribution >= 4 is 15.9 Å². The Hall–Kier alpha value is -1.60. The largest absolute Gasteiger partial charge is 0.497 e. The molecule has 3 aliphatic rings. The third kappa shape index (κ3) is 2.70. The first-order chi connectivity index (χ1) is 12.7. The second kappa shape index (κ2) is 6.21. The lowest BCUT2D eigenvalue weighted by Gasteiger charge is -2.37. The molecule has 4 rings (SSSR count). The molecule has 2 saturated carbocycles. The zero-order valence-electron chi connectivity index (χ0n) is 16.1. The van der Waals surface area contributed by atoms with E-state index < -0.39 is 15.9 Å². The number of carbonyl (C=O) groups excluding carboxylic acids is 1. The van der Waals surface area contributed by atoms with Gasteiger partial charge in [0.1, 0.15) is 12.4 Å². The number of benzene rings is 1. The Morgan fingerprint density at radius 3 is 2.59 bits per heavy atom. The molecule has 2 aliphatic carbocycles. The van der Waals surface area contributed by atoms with Crippen LogP contribution in [0.15, 0.2) is 24.3 Å². The smallest absolute Gasteiger partial charge is 0.262 e. The molecule has 1 spiro atoms. The van der Waals surface area contributed by atoms with Crippen LogP contribution in [0.3, 0.4) is 0 Å². The van der Waals surface area contributed by atoms with Crippen LogP contribution in [0.4, 0.5) is 0 Å². The van der Waals surface area contributed by atoms with Gasteiger partial charge in [0.25, 0.3) is 5.91 Å². The number of fused-ring (bicyclic) bond motifs is 1. The molecule has 3 atom stereocenters. The van der Waals surface area contributed by atoms with Crippen LogP contribution in [0.25, 0.3) is 0 Å². The molecule has 0 N–H and O–H groups in total. The number of nitrogens with zero attached hydrogens (tertiary/aromatic N) is 1. The summed E-state index contributed by atoms with van der Waals surface area (Å²) in [6.45, 7) is 4.39. The molecule has 1 amide bonds. The van der Waals surface area contributed by atoms with E-state index in [2.05, 4.69) is 13.8 Å². The molecule has 1 aromatic rings. The van der Waals surface area contributed by atoms with Crippen LogP contribution >= 0.6 is 0 Å². The van der Waals surface area contributed by atoms with E-state index in [0.29, 0.717) is 5.92 Å². The van der Waals surface area contributed by atoms with E-state index in [0.717, 1.165) is 30.6 Å². The number of rotatable bonds is 5.